The monoisotopic (exact) mass is 398 g/mol. The molecule has 0 atom stereocenters. The summed E-state index contributed by atoms with van der Waals surface area (Å²) in [6, 6.07) is 9.95. The second-order valence-electron chi connectivity index (χ2n) is 5.45. The van der Waals surface area contributed by atoms with Crippen LogP contribution < -0.4 is 9.46 Å². The van der Waals surface area contributed by atoms with Crippen molar-refractivity contribution in [2.75, 3.05) is 13.7 Å². The molecule has 0 bridgehead atoms. The average molecular weight is 399 g/mol. The summed E-state index contributed by atoms with van der Waals surface area (Å²) in [6.45, 7) is 0.257. The fourth-order valence-electron chi connectivity index (χ4n) is 2.54. The Morgan fingerprint density at radius 1 is 1.12 bits per heavy atom. The number of nitrogens with one attached hydrogen (secondary N) is 2. The molecule has 3 aromatic rings. The minimum absolute atomic E-state index is 0.0856. The van der Waals surface area contributed by atoms with Crippen LogP contribution in [0, 0.1) is 0 Å². The minimum Gasteiger partial charge on any atom is -0.497 e. The molecular weight excluding hydrogens is 383 g/mol. The number of fused-ring (bicyclic) bond motifs is 1. The van der Waals surface area contributed by atoms with Crippen LogP contribution in [0.2, 0.25) is 10.0 Å². The van der Waals surface area contributed by atoms with E-state index in [1.165, 1.54) is 18.2 Å². The first-order valence-electron chi connectivity index (χ1n) is 7.49. The highest BCUT2D eigenvalue weighted by molar-refractivity contribution is 7.89. The predicted molar refractivity (Wildman–Crippen MR) is 100 cm³/mol. The third kappa shape index (κ3) is 3.93. The van der Waals surface area contributed by atoms with Gasteiger partial charge in [0.25, 0.3) is 0 Å². The van der Waals surface area contributed by atoms with Crippen LogP contribution in [0.3, 0.4) is 0 Å². The summed E-state index contributed by atoms with van der Waals surface area (Å²) >= 11 is 11.7. The van der Waals surface area contributed by atoms with Crippen LogP contribution in [-0.2, 0) is 16.4 Å². The zero-order valence-corrected chi connectivity index (χ0v) is 15.7. The molecular formula is C17H16Cl2N2O3S. The van der Waals surface area contributed by atoms with Crippen LogP contribution >= 0.6 is 23.2 Å². The number of benzene rings is 2. The molecule has 0 saturated heterocycles. The van der Waals surface area contributed by atoms with Crippen LogP contribution in [0.15, 0.2) is 47.5 Å². The van der Waals surface area contributed by atoms with Gasteiger partial charge in [0, 0.05) is 23.6 Å². The van der Waals surface area contributed by atoms with Gasteiger partial charge in [-0.15, -0.1) is 0 Å². The first kappa shape index (κ1) is 18.1. The molecule has 2 N–H and O–H groups in total. The van der Waals surface area contributed by atoms with Crippen LogP contribution in [0.25, 0.3) is 10.9 Å². The number of hydrogen-bond acceptors (Lipinski definition) is 3. The Balaban J connectivity index is 1.73. The SMILES string of the molecule is COc1ccc2[nH]cc(CCNS(=O)(=O)c3ccc(Cl)c(Cl)c3)c2c1. The molecule has 5 nitrogen and oxygen atoms in total. The lowest BCUT2D eigenvalue weighted by atomic mass is 10.1. The molecule has 0 radical (unpaired) electrons. The van der Waals surface area contributed by atoms with Crippen molar-refractivity contribution < 1.29 is 13.2 Å². The molecule has 1 heterocycles. The molecule has 2 aromatic carbocycles. The van der Waals surface area contributed by atoms with Gasteiger partial charge in [-0.25, -0.2) is 13.1 Å². The van der Waals surface area contributed by atoms with Gasteiger partial charge in [0.15, 0.2) is 0 Å². The van der Waals surface area contributed by atoms with E-state index in [9.17, 15) is 8.42 Å². The van der Waals surface area contributed by atoms with Gasteiger partial charge in [-0.2, -0.15) is 0 Å². The summed E-state index contributed by atoms with van der Waals surface area (Å²) in [5, 5.41) is 1.52. The Bertz CT molecular complexity index is 1020. The number of aromatic nitrogens is 1. The van der Waals surface area contributed by atoms with Gasteiger partial charge >= 0.3 is 0 Å². The number of hydrogen-bond donors (Lipinski definition) is 2. The standard InChI is InChI=1S/C17H16Cl2N2O3S/c1-24-12-2-5-17-14(8-12)11(10-20-17)6-7-21-25(22,23)13-3-4-15(18)16(19)9-13/h2-5,8-10,20-21H,6-7H2,1H3. The average Bonchev–Trinajstić information content (AvgIpc) is 2.99. The second kappa shape index (κ2) is 7.25. The van der Waals surface area contributed by atoms with Crippen LogP contribution in [0.4, 0.5) is 0 Å². The third-order valence-corrected chi connectivity index (χ3v) is 6.06. The Morgan fingerprint density at radius 3 is 2.64 bits per heavy atom. The van der Waals surface area contributed by atoms with E-state index in [1.54, 1.807) is 7.11 Å². The number of H-pyrrole nitrogens is 1. The molecule has 0 amide bonds. The van der Waals surface area contributed by atoms with Crippen molar-refractivity contribution in [3.63, 3.8) is 0 Å². The summed E-state index contributed by atoms with van der Waals surface area (Å²) in [6.07, 6.45) is 2.41. The Hall–Kier alpha value is -1.73. The number of rotatable bonds is 6. The lowest BCUT2D eigenvalue weighted by molar-refractivity contribution is 0.415. The second-order valence-corrected chi connectivity index (χ2v) is 8.03. The highest BCUT2D eigenvalue weighted by Gasteiger charge is 2.15. The Kier molecular flexibility index (Phi) is 5.24. The van der Waals surface area contributed by atoms with Crippen molar-refractivity contribution in [1.29, 1.82) is 0 Å². The van der Waals surface area contributed by atoms with E-state index in [1.807, 2.05) is 24.4 Å². The van der Waals surface area contributed by atoms with E-state index in [2.05, 4.69) is 9.71 Å². The molecule has 3 rings (SSSR count). The maximum atomic E-state index is 12.3. The summed E-state index contributed by atoms with van der Waals surface area (Å²) in [5.41, 5.74) is 1.98. The third-order valence-electron chi connectivity index (χ3n) is 3.86. The summed E-state index contributed by atoms with van der Waals surface area (Å²) in [5.74, 6) is 0.754. The largest absolute Gasteiger partial charge is 0.497 e. The maximum Gasteiger partial charge on any atom is 0.240 e. The maximum absolute atomic E-state index is 12.3. The van der Waals surface area contributed by atoms with Crippen molar-refractivity contribution in [2.45, 2.75) is 11.3 Å². The molecule has 1 aromatic heterocycles. The molecule has 0 aliphatic heterocycles. The summed E-state index contributed by atoms with van der Waals surface area (Å²) in [7, 11) is -2.04. The van der Waals surface area contributed by atoms with Crippen molar-refractivity contribution in [3.8, 4) is 5.75 Å². The number of ether oxygens (including phenoxy) is 1. The lowest BCUT2D eigenvalue weighted by Gasteiger charge is -2.08. The molecule has 8 heteroatoms. The van der Waals surface area contributed by atoms with E-state index < -0.39 is 10.0 Å². The molecule has 25 heavy (non-hydrogen) atoms. The summed E-state index contributed by atoms with van der Waals surface area (Å²) in [4.78, 5) is 3.25. The molecule has 0 unspecified atom stereocenters. The van der Waals surface area contributed by atoms with E-state index in [0.717, 1.165) is 22.2 Å². The van der Waals surface area contributed by atoms with Crippen molar-refractivity contribution in [2.24, 2.45) is 0 Å². The molecule has 0 fully saturated rings. The van der Waals surface area contributed by atoms with Gasteiger partial charge in [-0.3, -0.25) is 0 Å². The van der Waals surface area contributed by atoms with Crippen LogP contribution in [0.1, 0.15) is 5.56 Å². The van der Waals surface area contributed by atoms with Crippen molar-refractivity contribution in [3.05, 3.63) is 58.2 Å². The highest BCUT2D eigenvalue weighted by atomic mass is 35.5. The molecule has 0 aliphatic carbocycles. The van der Waals surface area contributed by atoms with Gasteiger partial charge < -0.3 is 9.72 Å². The quantitative estimate of drug-likeness (QED) is 0.658. The van der Waals surface area contributed by atoms with E-state index in [4.69, 9.17) is 27.9 Å². The van der Waals surface area contributed by atoms with Gasteiger partial charge in [0.05, 0.1) is 22.1 Å². The first-order chi connectivity index (χ1) is 11.9. The van der Waals surface area contributed by atoms with E-state index >= 15 is 0 Å². The van der Waals surface area contributed by atoms with Gasteiger partial charge in [-0.1, -0.05) is 23.2 Å². The highest BCUT2D eigenvalue weighted by Crippen LogP contribution is 2.25. The normalized spacial score (nSPS) is 11.8. The van der Waals surface area contributed by atoms with Gasteiger partial charge in [0.2, 0.25) is 10.0 Å². The van der Waals surface area contributed by atoms with E-state index in [-0.39, 0.29) is 16.5 Å². The zero-order chi connectivity index (χ0) is 18.0. The van der Waals surface area contributed by atoms with Gasteiger partial charge in [0.1, 0.15) is 5.75 Å². The van der Waals surface area contributed by atoms with Crippen molar-refractivity contribution in [1.82, 2.24) is 9.71 Å². The number of sulfonamides is 1. The number of methoxy groups -OCH3 is 1. The Labute approximate surface area is 156 Å². The van der Waals surface area contributed by atoms with E-state index in [0.29, 0.717) is 11.4 Å². The molecule has 0 aliphatic rings. The fraction of sp³-hybridized carbons (Fsp3) is 0.176. The smallest absolute Gasteiger partial charge is 0.240 e. The molecule has 132 valence electrons. The molecule has 0 spiro atoms. The topological polar surface area (TPSA) is 71.2 Å². The lowest BCUT2D eigenvalue weighted by Crippen LogP contribution is -2.26. The number of halogens is 2. The minimum atomic E-state index is -3.65. The van der Waals surface area contributed by atoms with Gasteiger partial charge in [-0.05, 0) is 48.4 Å². The van der Waals surface area contributed by atoms with Crippen molar-refractivity contribution >= 4 is 44.1 Å². The predicted octanol–water partition coefficient (Wildman–Crippen LogP) is 4.00. The summed E-state index contributed by atoms with van der Waals surface area (Å²) < 4.78 is 32.5. The Morgan fingerprint density at radius 2 is 1.92 bits per heavy atom. The zero-order valence-electron chi connectivity index (χ0n) is 13.3. The first-order valence-corrected chi connectivity index (χ1v) is 9.73. The van der Waals surface area contributed by atoms with Crippen LogP contribution in [0.5, 0.6) is 5.75 Å². The fourth-order valence-corrected chi connectivity index (χ4v) is 3.96. The van der Waals surface area contributed by atoms with Crippen LogP contribution in [-0.4, -0.2) is 27.1 Å². The molecule has 0 saturated carbocycles. The number of aromatic amines is 1.